The predicted octanol–water partition coefficient (Wildman–Crippen LogP) is 1.66. The maximum Gasteiger partial charge on any atom is 0.234 e. The van der Waals surface area contributed by atoms with Gasteiger partial charge in [0, 0.05) is 19.6 Å². The van der Waals surface area contributed by atoms with Crippen LogP contribution >= 0.6 is 11.8 Å². The van der Waals surface area contributed by atoms with Gasteiger partial charge in [-0.1, -0.05) is 18.7 Å². The van der Waals surface area contributed by atoms with Crippen molar-refractivity contribution in [2.75, 3.05) is 42.6 Å². The number of rotatable bonds is 4. The van der Waals surface area contributed by atoms with Crippen LogP contribution in [0.3, 0.4) is 0 Å². The van der Waals surface area contributed by atoms with Crippen LogP contribution in [0, 0.1) is 5.92 Å². The molecule has 2 N–H and O–H groups in total. The molecule has 0 radical (unpaired) electrons. The summed E-state index contributed by atoms with van der Waals surface area (Å²) in [5.41, 5.74) is 0.728. The summed E-state index contributed by atoms with van der Waals surface area (Å²) in [5.74, 6) is 1.96. The molecule has 0 aliphatic carbocycles. The number of carbonyl (C=O) groups excluding carboxylic acids is 1. The Bertz CT molecular complexity index is 524. The topological polar surface area (TPSA) is 70.2 Å². The maximum absolute atomic E-state index is 11.5. The molecule has 1 unspecified atom stereocenters. The summed E-state index contributed by atoms with van der Waals surface area (Å²) in [6.45, 7) is 6.50. The van der Waals surface area contributed by atoms with Gasteiger partial charge >= 0.3 is 0 Å². The van der Waals surface area contributed by atoms with Gasteiger partial charge in [0.1, 0.15) is 17.0 Å². The number of likely N-dealkylation sites (tertiary alicyclic amines) is 1. The van der Waals surface area contributed by atoms with Gasteiger partial charge in [0.2, 0.25) is 5.91 Å². The number of piperidine rings is 1. The van der Waals surface area contributed by atoms with E-state index in [0.29, 0.717) is 5.75 Å². The van der Waals surface area contributed by atoms with E-state index in [2.05, 4.69) is 32.4 Å². The van der Waals surface area contributed by atoms with Crippen molar-refractivity contribution in [3.05, 3.63) is 6.33 Å². The second-order valence-corrected chi connectivity index (χ2v) is 6.68. The van der Waals surface area contributed by atoms with Crippen molar-refractivity contribution in [3.8, 4) is 0 Å². The number of fused-ring (bicyclic) bond motifs is 1. The molecule has 0 saturated carbocycles. The molecule has 1 aromatic heterocycles. The minimum absolute atomic E-state index is 0.00945. The Balaban J connectivity index is 1.57. The van der Waals surface area contributed by atoms with Crippen molar-refractivity contribution in [3.63, 3.8) is 0 Å². The first kappa shape index (κ1) is 14.6. The van der Waals surface area contributed by atoms with Gasteiger partial charge in [0.05, 0.1) is 5.75 Å². The zero-order chi connectivity index (χ0) is 14.7. The Labute approximate surface area is 129 Å². The Hall–Kier alpha value is -1.34. The van der Waals surface area contributed by atoms with E-state index in [4.69, 9.17) is 0 Å². The number of amides is 1. The fourth-order valence-electron chi connectivity index (χ4n) is 2.86. The van der Waals surface area contributed by atoms with Crippen LogP contribution < -0.4 is 10.6 Å². The number of nitrogens with zero attached hydrogens (tertiary/aromatic N) is 3. The van der Waals surface area contributed by atoms with Crippen LogP contribution in [0.25, 0.3) is 0 Å². The molecule has 2 aliphatic heterocycles. The number of hydrogen-bond donors (Lipinski definition) is 2. The number of thioether (sulfide) groups is 1. The summed E-state index contributed by atoms with van der Waals surface area (Å²) in [6, 6.07) is 0. The second-order valence-electron chi connectivity index (χ2n) is 5.71. The number of aromatic nitrogens is 2. The molecule has 3 heterocycles. The van der Waals surface area contributed by atoms with Crippen LogP contribution in [0.2, 0.25) is 0 Å². The van der Waals surface area contributed by atoms with Crippen LogP contribution in [-0.4, -0.2) is 52.7 Å². The Kier molecular flexibility index (Phi) is 4.60. The molecule has 114 valence electrons. The standard InChI is InChI=1S/C14H21N5OS/c1-10-3-2-5-19(7-10)6-4-15-13-12-14(17-9-16-13)21-8-11(20)18-12/h9-10H,2-8H2,1H3,(H,18,20)(H,15,16,17). The van der Waals surface area contributed by atoms with Crippen LogP contribution in [0.15, 0.2) is 11.4 Å². The average Bonchev–Trinajstić information content (AvgIpc) is 2.48. The normalized spacial score (nSPS) is 22.5. The molecular formula is C14H21N5OS. The third-order valence-corrected chi connectivity index (χ3v) is 4.87. The monoisotopic (exact) mass is 307 g/mol. The highest BCUT2D eigenvalue weighted by molar-refractivity contribution is 8.00. The van der Waals surface area contributed by atoms with Crippen LogP contribution in [-0.2, 0) is 4.79 Å². The minimum atomic E-state index is 0.00945. The zero-order valence-electron chi connectivity index (χ0n) is 12.3. The van der Waals surface area contributed by atoms with Crippen molar-refractivity contribution >= 4 is 29.2 Å². The average molecular weight is 307 g/mol. The lowest BCUT2D eigenvalue weighted by atomic mass is 10.0. The lowest BCUT2D eigenvalue weighted by Gasteiger charge is -2.30. The molecule has 21 heavy (non-hydrogen) atoms. The fraction of sp³-hybridized carbons (Fsp3) is 0.643. The highest BCUT2D eigenvalue weighted by atomic mass is 32.2. The molecule has 3 rings (SSSR count). The van der Waals surface area contributed by atoms with Gasteiger partial charge in [0.15, 0.2) is 5.82 Å². The van der Waals surface area contributed by atoms with Gasteiger partial charge < -0.3 is 15.5 Å². The van der Waals surface area contributed by atoms with Crippen LogP contribution in [0.1, 0.15) is 19.8 Å². The lowest BCUT2D eigenvalue weighted by Crippen LogP contribution is -2.37. The second kappa shape index (κ2) is 6.62. The maximum atomic E-state index is 11.5. The summed E-state index contributed by atoms with van der Waals surface area (Å²) in [5, 5.41) is 7.04. The van der Waals surface area contributed by atoms with Crippen molar-refractivity contribution in [2.24, 2.45) is 5.92 Å². The minimum Gasteiger partial charge on any atom is -0.367 e. The molecule has 7 heteroatoms. The van der Waals surface area contributed by atoms with Crippen molar-refractivity contribution in [1.29, 1.82) is 0 Å². The Morgan fingerprint density at radius 2 is 2.43 bits per heavy atom. The molecule has 0 aromatic carbocycles. The summed E-state index contributed by atoms with van der Waals surface area (Å²) in [7, 11) is 0. The zero-order valence-corrected chi connectivity index (χ0v) is 13.1. The Morgan fingerprint density at radius 1 is 1.52 bits per heavy atom. The summed E-state index contributed by atoms with van der Waals surface area (Å²) in [4.78, 5) is 22.5. The number of hydrogen-bond acceptors (Lipinski definition) is 6. The highest BCUT2D eigenvalue weighted by Crippen LogP contribution is 2.33. The summed E-state index contributed by atoms with van der Waals surface area (Å²) >= 11 is 1.46. The molecule has 0 bridgehead atoms. The van der Waals surface area contributed by atoms with E-state index < -0.39 is 0 Å². The first-order chi connectivity index (χ1) is 10.2. The van der Waals surface area contributed by atoms with E-state index in [1.807, 2.05) is 0 Å². The Morgan fingerprint density at radius 3 is 3.29 bits per heavy atom. The largest absolute Gasteiger partial charge is 0.367 e. The highest BCUT2D eigenvalue weighted by Gasteiger charge is 2.21. The first-order valence-electron chi connectivity index (χ1n) is 7.46. The van der Waals surface area contributed by atoms with E-state index in [1.54, 1.807) is 6.33 Å². The summed E-state index contributed by atoms with van der Waals surface area (Å²) in [6.07, 6.45) is 4.18. The predicted molar refractivity (Wildman–Crippen MR) is 84.7 cm³/mol. The van der Waals surface area contributed by atoms with E-state index >= 15 is 0 Å². The number of carbonyl (C=O) groups is 1. The molecule has 0 spiro atoms. The van der Waals surface area contributed by atoms with Gasteiger partial charge in [-0.15, -0.1) is 0 Å². The fourth-order valence-corrected chi connectivity index (χ4v) is 3.61. The van der Waals surface area contributed by atoms with Gasteiger partial charge in [-0.05, 0) is 25.3 Å². The molecule has 2 aliphatic rings. The molecule has 1 saturated heterocycles. The lowest BCUT2D eigenvalue weighted by molar-refractivity contribution is -0.113. The third-order valence-electron chi connectivity index (χ3n) is 3.88. The van der Waals surface area contributed by atoms with Crippen molar-refractivity contribution < 1.29 is 4.79 Å². The number of nitrogens with one attached hydrogen (secondary N) is 2. The molecule has 1 fully saturated rings. The molecule has 1 atom stereocenters. The smallest absolute Gasteiger partial charge is 0.234 e. The van der Waals surface area contributed by atoms with Gasteiger partial charge in [-0.2, -0.15) is 0 Å². The van der Waals surface area contributed by atoms with Crippen molar-refractivity contribution in [2.45, 2.75) is 24.8 Å². The first-order valence-corrected chi connectivity index (χ1v) is 8.45. The van der Waals surface area contributed by atoms with E-state index in [0.717, 1.165) is 35.5 Å². The molecule has 6 nitrogen and oxygen atoms in total. The molecular weight excluding hydrogens is 286 g/mol. The van der Waals surface area contributed by atoms with Gasteiger partial charge in [-0.25, -0.2) is 9.97 Å². The molecule has 1 aromatic rings. The van der Waals surface area contributed by atoms with Crippen LogP contribution in [0.5, 0.6) is 0 Å². The third kappa shape index (κ3) is 3.65. The quantitative estimate of drug-likeness (QED) is 0.825. The summed E-state index contributed by atoms with van der Waals surface area (Å²) < 4.78 is 0. The number of anilines is 2. The molecule has 1 amide bonds. The van der Waals surface area contributed by atoms with Gasteiger partial charge in [-0.3, -0.25) is 4.79 Å². The van der Waals surface area contributed by atoms with E-state index in [-0.39, 0.29) is 5.91 Å². The van der Waals surface area contributed by atoms with Crippen LogP contribution in [0.4, 0.5) is 11.5 Å². The SMILES string of the molecule is CC1CCCN(CCNc2ncnc3c2NC(=O)CS3)C1. The van der Waals surface area contributed by atoms with Crippen molar-refractivity contribution in [1.82, 2.24) is 14.9 Å². The van der Waals surface area contributed by atoms with Gasteiger partial charge in [0.25, 0.3) is 0 Å². The van der Waals surface area contributed by atoms with E-state index in [1.165, 1.54) is 37.7 Å². The van der Waals surface area contributed by atoms with E-state index in [9.17, 15) is 4.79 Å².